The molecule has 6 heteroatoms. The Bertz CT molecular complexity index is 1320. The molecule has 0 spiro atoms. The van der Waals surface area contributed by atoms with Crippen LogP contribution in [-0.4, -0.2) is 35.9 Å². The van der Waals surface area contributed by atoms with Crippen molar-refractivity contribution in [1.29, 1.82) is 0 Å². The third-order valence-electron chi connectivity index (χ3n) is 8.60. The van der Waals surface area contributed by atoms with Crippen molar-refractivity contribution < 1.29 is 24.4 Å². The molecule has 4 aromatic rings. The van der Waals surface area contributed by atoms with Gasteiger partial charge in [0.2, 0.25) is 0 Å². The molecule has 224 valence electrons. The second kappa shape index (κ2) is 14.1. The highest BCUT2D eigenvalue weighted by Gasteiger charge is 2.61. The van der Waals surface area contributed by atoms with Gasteiger partial charge in [-0.1, -0.05) is 135 Å². The summed E-state index contributed by atoms with van der Waals surface area (Å²) in [7, 11) is 0. The quantitative estimate of drug-likeness (QED) is 0.102. The zero-order chi connectivity index (χ0) is 30.1. The number of carbonyl (C=O) groups is 1. The topological polar surface area (TPSA) is 77.0 Å². The highest BCUT2D eigenvalue weighted by molar-refractivity contribution is 5.83. The Morgan fingerprint density at radius 1 is 0.814 bits per heavy atom. The number of ether oxygens (including phenoxy) is 1. The zero-order valence-electron chi connectivity index (χ0n) is 24.9. The second-order valence-electron chi connectivity index (χ2n) is 11.6. The summed E-state index contributed by atoms with van der Waals surface area (Å²) >= 11 is 0. The molecule has 43 heavy (non-hydrogen) atoms. The Morgan fingerprint density at radius 2 is 1.30 bits per heavy atom. The van der Waals surface area contributed by atoms with E-state index in [4.69, 9.17) is 14.5 Å². The lowest BCUT2D eigenvalue weighted by Crippen LogP contribution is -2.67. The molecule has 1 heterocycles. The van der Waals surface area contributed by atoms with Crippen molar-refractivity contribution in [3.05, 3.63) is 144 Å². The van der Waals surface area contributed by atoms with Gasteiger partial charge in [-0.25, -0.2) is 4.79 Å². The number of rotatable bonds is 14. The zero-order valence-corrected chi connectivity index (χ0v) is 24.9. The molecule has 1 aliphatic rings. The van der Waals surface area contributed by atoms with Gasteiger partial charge in [0.1, 0.15) is 6.10 Å². The lowest BCUT2D eigenvalue weighted by molar-refractivity contribution is -0.265. The van der Waals surface area contributed by atoms with Crippen molar-refractivity contribution in [2.45, 2.75) is 50.5 Å². The number of aliphatic hydroxyl groups excluding tert-OH is 1. The van der Waals surface area contributed by atoms with E-state index in [1.54, 1.807) is 0 Å². The van der Waals surface area contributed by atoms with Crippen molar-refractivity contribution >= 4 is 5.97 Å². The standard InChI is InChI=1S/C37H41NO5/c1-28(2)36(34(42-43-35(36)40)25-30(26-39)23-24-41-27-29-15-7-3-8-16-29)38-37(31-17-9-4-10-18-31,32-19-11-5-12-20-32)33-21-13-6-14-22-33/h3-22,28,30,34,38-39H,23-27H2,1-2H3/t30?,34?,36-/m1/s1. The van der Waals surface area contributed by atoms with Crippen LogP contribution in [-0.2, 0) is 31.5 Å². The minimum Gasteiger partial charge on any atom is -0.396 e. The lowest BCUT2D eigenvalue weighted by atomic mass is 9.70. The molecule has 0 saturated carbocycles. The van der Waals surface area contributed by atoms with Crippen LogP contribution in [0.2, 0.25) is 0 Å². The highest BCUT2D eigenvalue weighted by Crippen LogP contribution is 2.44. The Balaban J connectivity index is 1.50. The van der Waals surface area contributed by atoms with E-state index >= 15 is 0 Å². The van der Waals surface area contributed by atoms with E-state index in [1.807, 2.05) is 98.8 Å². The van der Waals surface area contributed by atoms with Crippen molar-refractivity contribution in [3.63, 3.8) is 0 Å². The number of carbonyl (C=O) groups excluding carboxylic acids is 1. The first kappa shape index (κ1) is 30.6. The molecular weight excluding hydrogens is 538 g/mol. The number of nitrogens with one attached hydrogen (secondary N) is 1. The number of benzene rings is 4. The van der Waals surface area contributed by atoms with Crippen molar-refractivity contribution in [2.75, 3.05) is 13.2 Å². The van der Waals surface area contributed by atoms with Crippen LogP contribution in [0.5, 0.6) is 0 Å². The second-order valence-corrected chi connectivity index (χ2v) is 11.6. The van der Waals surface area contributed by atoms with Crippen LogP contribution in [0.15, 0.2) is 121 Å². The summed E-state index contributed by atoms with van der Waals surface area (Å²) in [4.78, 5) is 25.2. The van der Waals surface area contributed by atoms with Crippen LogP contribution in [0.25, 0.3) is 0 Å². The monoisotopic (exact) mass is 579 g/mol. The molecule has 0 bridgehead atoms. The average molecular weight is 580 g/mol. The van der Waals surface area contributed by atoms with Gasteiger partial charge in [0.15, 0.2) is 5.54 Å². The molecule has 1 aliphatic heterocycles. The molecule has 1 saturated heterocycles. The molecule has 0 amide bonds. The molecule has 0 aliphatic carbocycles. The third-order valence-corrected chi connectivity index (χ3v) is 8.60. The lowest BCUT2D eigenvalue weighted by Gasteiger charge is -2.46. The molecule has 5 rings (SSSR count). The normalized spacial score (nSPS) is 19.3. The molecule has 1 fully saturated rings. The van der Waals surface area contributed by atoms with E-state index in [1.165, 1.54) is 0 Å². The largest absolute Gasteiger partial charge is 0.396 e. The van der Waals surface area contributed by atoms with E-state index in [-0.39, 0.29) is 18.4 Å². The van der Waals surface area contributed by atoms with Gasteiger partial charge < -0.3 is 9.84 Å². The van der Waals surface area contributed by atoms with E-state index in [0.717, 1.165) is 22.3 Å². The number of aliphatic hydroxyl groups is 1. The first-order valence-corrected chi connectivity index (χ1v) is 15.1. The van der Waals surface area contributed by atoms with Gasteiger partial charge in [0, 0.05) is 13.2 Å². The maximum atomic E-state index is 13.9. The minimum atomic E-state index is -1.22. The summed E-state index contributed by atoms with van der Waals surface area (Å²) in [5.41, 5.74) is 1.92. The van der Waals surface area contributed by atoms with Gasteiger partial charge in [-0.3, -0.25) is 10.2 Å². The fourth-order valence-corrected chi connectivity index (χ4v) is 6.18. The van der Waals surface area contributed by atoms with Crippen molar-refractivity contribution in [2.24, 2.45) is 11.8 Å². The molecule has 0 radical (unpaired) electrons. The van der Waals surface area contributed by atoms with Gasteiger partial charge in [-0.05, 0) is 46.9 Å². The SMILES string of the molecule is CC(C)[C@]1(NC(c2ccccc2)(c2ccccc2)c2ccccc2)C(=O)OOC1CC(CO)CCOCc1ccccc1. The van der Waals surface area contributed by atoms with Crippen LogP contribution >= 0.6 is 0 Å². The molecule has 3 atom stereocenters. The van der Waals surface area contributed by atoms with Gasteiger partial charge in [0.25, 0.3) is 0 Å². The minimum absolute atomic E-state index is 0.0574. The van der Waals surface area contributed by atoms with Crippen molar-refractivity contribution in [3.8, 4) is 0 Å². The van der Waals surface area contributed by atoms with E-state index in [0.29, 0.717) is 26.1 Å². The summed E-state index contributed by atoms with van der Waals surface area (Å²) in [5.74, 6) is -0.830. The van der Waals surface area contributed by atoms with Gasteiger partial charge >= 0.3 is 5.97 Å². The summed E-state index contributed by atoms with van der Waals surface area (Å²) in [6.45, 7) is 4.95. The first-order chi connectivity index (χ1) is 21.0. The van der Waals surface area contributed by atoms with Gasteiger partial charge in [-0.2, -0.15) is 4.89 Å². The molecule has 2 N–H and O–H groups in total. The fourth-order valence-electron chi connectivity index (χ4n) is 6.18. The van der Waals surface area contributed by atoms with Crippen molar-refractivity contribution in [1.82, 2.24) is 5.32 Å². The molecular formula is C37H41NO5. The van der Waals surface area contributed by atoms with Crippen LogP contribution in [0.4, 0.5) is 0 Å². The summed E-state index contributed by atoms with van der Waals surface area (Å²) in [6.07, 6.45) is 0.380. The summed E-state index contributed by atoms with van der Waals surface area (Å²) in [5, 5.41) is 14.3. The number of hydrogen-bond acceptors (Lipinski definition) is 6. The molecule has 6 nitrogen and oxygen atoms in total. The smallest absolute Gasteiger partial charge is 0.365 e. The predicted molar refractivity (Wildman–Crippen MR) is 167 cm³/mol. The summed E-state index contributed by atoms with van der Waals surface area (Å²) in [6, 6.07) is 40.5. The third kappa shape index (κ3) is 6.43. The Labute approximate surface area is 254 Å². The number of hydrogen-bond donors (Lipinski definition) is 2. The van der Waals surface area contributed by atoms with Gasteiger partial charge in [0.05, 0.1) is 12.1 Å². The van der Waals surface area contributed by atoms with E-state index in [2.05, 4.69) is 41.7 Å². The molecule has 4 aromatic carbocycles. The van der Waals surface area contributed by atoms with Crippen LogP contribution < -0.4 is 5.32 Å². The van der Waals surface area contributed by atoms with Crippen LogP contribution in [0.3, 0.4) is 0 Å². The van der Waals surface area contributed by atoms with Crippen LogP contribution in [0.1, 0.15) is 48.9 Å². The predicted octanol–water partition coefficient (Wildman–Crippen LogP) is 6.43. The maximum Gasteiger partial charge on any atom is 0.365 e. The highest BCUT2D eigenvalue weighted by atomic mass is 17.2. The Hall–Kier alpha value is -3.81. The molecule has 2 unspecified atom stereocenters. The first-order valence-electron chi connectivity index (χ1n) is 15.1. The molecule has 0 aromatic heterocycles. The Kier molecular flexibility index (Phi) is 10.1. The maximum absolute atomic E-state index is 13.9. The van der Waals surface area contributed by atoms with E-state index in [9.17, 15) is 9.90 Å². The fraction of sp³-hybridized carbons (Fsp3) is 0.324. The average Bonchev–Trinajstić information content (AvgIpc) is 3.37. The van der Waals surface area contributed by atoms with Gasteiger partial charge in [-0.15, -0.1) is 0 Å². The van der Waals surface area contributed by atoms with Crippen LogP contribution in [0, 0.1) is 11.8 Å². The van der Waals surface area contributed by atoms with E-state index < -0.39 is 23.2 Å². The Morgan fingerprint density at radius 3 is 1.77 bits per heavy atom. The summed E-state index contributed by atoms with van der Waals surface area (Å²) < 4.78 is 5.93.